The van der Waals surface area contributed by atoms with Gasteiger partial charge in [-0.3, -0.25) is 9.69 Å². The Morgan fingerprint density at radius 3 is 2.31 bits per heavy atom. The van der Waals surface area contributed by atoms with Crippen LogP contribution in [0.3, 0.4) is 0 Å². The number of rotatable bonds is 5. The Bertz CT molecular complexity index is 786. The van der Waals surface area contributed by atoms with Crippen LogP contribution >= 0.6 is 11.6 Å². The van der Waals surface area contributed by atoms with Gasteiger partial charge in [-0.2, -0.15) is 8.42 Å². The number of nitrogens with one attached hydrogen (secondary N) is 1. The van der Waals surface area contributed by atoms with Gasteiger partial charge in [0.25, 0.3) is 5.91 Å². The van der Waals surface area contributed by atoms with E-state index in [0.29, 0.717) is 17.9 Å². The van der Waals surface area contributed by atoms with Crippen LogP contribution in [-0.4, -0.2) is 43.1 Å². The van der Waals surface area contributed by atoms with Crippen molar-refractivity contribution in [3.63, 3.8) is 0 Å². The first-order chi connectivity index (χ1) is 12.3. The predicted octanol–water partition coefficient (Wildman–Crippen LogP) is 2.69. The van der Waals surface area contributed by atoms with Crippen molar-refractivity contribution in [3.05, 3.63) is 29.3 Å². The standard InChI is InChI=1S/C17H21ClN2O5S/c18-13-5-7-14(8-6-13)25-26(23,24)12-11-20-15(21)17(19-16(20)22)9-3-1-2-4-10-17/h5-8H,1-4,9-12H2,(H,19,22). The second-order valence-electron chi connectivity index (χ2n) is 6.68. The molecule has 1 spiro atoms. The summed E-state index contributed by atoms with van der Waals surface area (Å²) in [5, 5.41) is 3.25. The number of halogens is 1. The van der Waals surface area contributed by atoms with Gasteiger partial charge in [-0.15, -0.1) is 0 Å². The fourth-order valence-electron chi connectivity index (χ4n) is 3.43. The van der Waals surface area contributed by atoms with Crippen molar-refractivity contribution in [1.29, 1.82) is 0 Å². The van der Waals surface area contributed by atoms with Gasteiger partial charge < -0.3 is 9.50 Å². The van der Waals surface area contributed by atoms with Crippen LogP contribution in [0.15, 0.2) is 24.3 Å². The summed E-state index contributed by atoms with van der Waals surface area (Å²) in [6.07, 6.45) is 5.02. The average Bonchev–Trinajstić information content (AvgIpc) is 2.74. The molecule has 0 radical (unpaired) electrons. The summed E-state index contributed by atoms with van der Waals surface area (Å²) in [4.78, 5) is 26.0. The van der Waals surface area contributed by atoms with Crippen LogP contribution in [0.1, 0.15) is 38.5 Å². The van der Waals surface area contributed by atoms with Crippen molar-refractivity contribution in [1.82, 2.24) is 10.2 Å². The zero-order chi connectivity index (χ0) is 18.8. The SMILES string of the molecule is O=C1NC2(CCCCCC2)C(=O)N1CCS(=O)(=O)Oc1ccc(Cl)cc1. The summed E-state index contributed by atoms with van der Waals surface area (Å²) in [6, 6.07) is 5.38. The van der Waals surface area contributed by atoms with Crippen molar-refractivity contribution in [3.8, 4) is 5.75 Å². The largest absolute Gasteiger partial charge is 0.382 e. The molecule has 1 saturated heterocycles. The number of carbonyl (C=O) groups is 2. The maximum atomic E-state index is 12.8. The Hall–Kier alpha value is -1.80. The maximum absolute atomic E-state index is 12.8. The highest BCUT2D eigenvalue weighted by Gasteiger charge is 2.50. The van der Waals surface area contributed by atoms with Gasteiger partial charge in [0.1, 0.15) is 17.0 Å². The van der Waals surface area contributed by atoms with E-state index in [4.69, 9.17) is 15.8 Å². The molecule has 0 atom stereocenters. The first kappa shape index (κ1) is 19.0. The van der Waals surface area contributed by atoms with Gasteiger partial charge >= 0.3 is 16.1 Å². The number of hydrogen-bond acceptors (Lipinski definition) is 5. The number of amides is 3. The van der Waals surface area contributed by atoms with Gasteiger partial charge in [-0.1, -0.05) is 37.3 Å². The highest BCUT2D eigenvalue weighted by molar-refractivity contribution is 7.87. The van der Waals surface area contributed by atoms with Gasteiger partial charge in [0.2, 0.25) is 0 Å². The Morgan fingerprint density at radius 2 is 1.69 bits per heavy atom. The predicted molar refractivity (Wildman–Crippen MR) is 96.5 cm³/mol. The number of imide groups is 1. The molecular formula is C17H21ClN2O5S. The summed E-state index contributed by atoms with van der Waals surface area (Å²) in [5.74, 6) is -0.664. The molecule has 1 heterocycles. The molecule has 3 rings (SSSR count). The molecule has 26 heavy (non-hydrogen) atoms. The molecule has 0 bridgehead atoms. The number of benzene rings is 1. The minimum Gasteiger partial charge on any atom is -0.382 e. The molecule has 3 amide bonds. The molecule has 1 N–H and O–H groups in total. The van der Waals surface area contributed by atoms with E-state index in [1.165, 1.54) is 24.3 Å². The number of carbonyl (C=O) groups excluding carboxylic acids is 2. The monoisotopic (exact) mass is 400 g/mol. The van der Waals surface area contributed by atoms with Gasteiger partial charge in [0, 0.05) is 11.6 Å². The maximum Gasteiger partial charge on any atom is 0.325 e. The summed E-state index contributed by atoms with van der Waals surface area (Å²) < 4.78 is 29.3. The Labute approximate surface area is 157 Å². The second kappa shape index (κ2) is 7.44. The van der Waals surface area contributed by atoms with Crippen molar-refractivity contribution in [2.24, 2.45) is 0 Å². The molecule has 1 aromatic rings. The lowest BCUT2D eigenvalue weighted by Gasteiger charge is -2.24. The van der Waals surface area contributed by atoms with Gasteiger partial charge in [-0.05, 0) is 37.1 Å². The number of urea groups is 1. The van der Waals surface area contributed by atoms with Crippen LogP contribution in [0.25, 0.3) is 0 Å². The molecule has 9 heteroatoms. The van der Waals surface area contributed by atoms with E-state index < -0.39 is 27.4 Å². The Morgan fingerprint density at radius 1 is 1.08 bits per heavy atom. The lowest BCUT2D eigenvalue weighted by molar-refractivity contribution is -0.131. The van der Waals surface area contributed by atoms with E-state index in [1.54, 1.807) is 0 Å². The van der Waals surface area contributed by atoms with Gasteiger partial charge in [0.05, 0.1) is 0 Å². The molecule has 1 aliphatic heterocycles. The number of nitrogens with zero attached hydrogens (tertiary/aromatic N) is 1. The van der Waals surface area contributed by atoms with Crippen molar-refractivity contribution >= 4 is 33.7 Å². The molecular weight excluding hydrogens is 380 g/mol. The lowest BCUT2D eigenvalue weighted by atomic mass is 9.90. The second-order valence-corrected chi connectivity index (χ2v) is 8.81. The smallest absolute Gasteiger partial charge is 0.325 e. The Balaban J connectivity index is 1.64. The van der Waals surface area contributed by atoms with Crippen molar-refractivity contribution < 1.29 is 22.2 Å². The highest BCUT2D eigenvalue weighted by Crippen LogP contribution is 2.32. The number of hydrogen-bond donors (Lipinski definition) is 1. The van der Waals surface area contributed by atoms with E-state index in [0.717, 1.165) is 30.6 Å². The third-order valence-electron chi connectivity index (χ3n) is 4.80. The minimum absolute atomic E-state index is 0.131. The molecule has 0 unspecified atom stereocenters. The van der Waals surface area contributed by atoms with Crippen LogP contribution in [0.4, 0.5) is 4.79 Å². The molecule has 0 aromatic heterocycles. The molecule has 1 aliphatic carbocycles. The molecule has 2 aliphatic rings. The zero-order valence-electron chi connectivity index (χ0n) is 14.2. The van der Waals surface area contributed by atoms with Crippen LogP contribution < -0.4 is 9.50 Å². The van der Waals surface area contributed by atoms with E-state index in [2.05, 4.69) is 5.32 Å². The molecule has 1 aromatic carbocycles. The van der Waals surface area contributed by atoms with Crippen molar-refractivity contribution in [2.75, 3.05) is 12.3 Å². The fraction of sp³-hybridized carbons (Fsp3) is 0.529. The summed E-state index contributed by atoms with van der Waals surface area (Å²) in [6.45, 7) is -0.234. The fourth-order valence-corrected chi connectivity index (χ4v) is 4.45. The van der Waals surface area contributed by atoms with E-state index in [9.17, 15) is 18.0 Å². The van der Waals surface area contributed by atoms with Crippen LogP contribution in [0, 0.1) is 0 Å². The normalized spacial score (nSPS) is 20.1. The lowest BCUT2D eigenvalue weighted by Crippen LogP contribution is -2.46. The van der Waals surface area contributed by atoms with Crippen LogP contribution in [-0.2, 0) is 14.9 Å². The van der Waals surface area contributed by atoms with Crippen molar-refractivity contribution in [2.45, 2.75) is 44.1 Å². The van der Waals surface area contributed by atoms with Gasteiger partial charge in [-0.25, -0.2) is 4.79 Å². The summed E-state index contributed by atoms with van der Waals surface area (Å²) >= 11 is 5.75. The zero-order valence-corrected chi connectivity index (χ0v) is 15.8. The van der Waals surface area contributed by atoms with E-state index in [1.807, 2.05) is 0 Å². The summed E-state index contributed by atoms with van der Waals surface area (Å²) in [7, 11) is -3.95. The van der Waals surface area contributed by atoms with Crippen LogP contribution in [0.5, 0.6) is 5.75 Å². The molecule has 7 nitrogen and oxygen atoms in total. The topological polar surface area (TPSA) is 92.8 Å². The van der Waals surface area contributed by atoms with E-state index in [-0.39, 0.29) is 18.2 Å². The van der Waals surface area contributed by atoms with E-state index >= 15 is 0 Å². The summed E-state index contributed by atoms with van der Waals surface area (Å²) in [5.41, 5.74) is -0.867. The third kappa shape index (κ3) is 4.12. The first-order valence-corrected chi connectivity index (χ1v) is 10.6. The molecule has 1 saturated carbocycles. The quantitative estimate of drug-likeness (QED) is 0.606. The average molecular weight is 401 g/mol. The van der Waals surface area contributed by atoms with Crippen LogP contribution in [0.2, 0.25) is 5.02 Å². The molecule has 2 fully saturated rings. The molecule has 142 valence electrons. The third-order valence-corrected chi connectivity index (χ3v) is 6.19. The highest BCUT2D eigenvalue weighted by atomic mass is 35.5. The first-order valence-electron chi connectivity index (χ1n) is 8.63. The minimum atomic E-state index is -3.95. The van der Waals surface area contributed by atoms with Gasteiger partial charge in [0.15, 0.2) is 0 Å². The Kier molecular flexibility index (Phi) is 5.43.